The van der Waals surface area contributed by atoms with Crippen molar-refractivity contribution in [3.8, 4) is 0 Å². The first-order chi connectivity index (χ1) is 4.64. The summed E-state index contributed by atoms with van der Waals surface area (Å²) < 4.78 is 29.3. The number of nitrogens with one attached hydrogen (secondary N) is 1. The molecule has 0 aliphatic carbocycles. The molecule has 1 fully saturated rings. The van der Waals surface area contributed by atoms with Crippen LogP contribution in [0.2, 0.25) is 0 Å². The summed E-state index contributed by atoms with van der Waals surface area (Å²) in [5.74, 6) is 0.659. The molecule has 0 aromatic rings. The fourth-order valence-electron chi connectivity index (χ4n) is 0.970. The zero-order chi connectivity index (χ0) is 7.61. The zero-order valence-electron chi connectivity index (χ0n) is 5.51. The van der Waals surface area contributed by atoms with Crippen LogP contribution >= 0.6 is 21.0 Å². The third-order valence-corrected chi connectivity index (χ3v) is 5.48. The van der Waals surface area contributed by atoms with Crippen molar-refractivity contribution in [1.29, 1.82) is 3.56 Å². The first-order valence-electron chi connectivity index (χ1n) is 3.13. The Labute approximate surface area is 71.1 Å². The number of alkyl halides is 1. The number of halogens is 1. The van der Waals surface area contributed by atoms with Gasteiger partial charge in [0, 0.05) is 3.92 Å². The van der Waals surface area contributed by atoms with Crippen molar-refractivity contribution in [3.63, 3.8) is 0 Å². The Balaban J connectivity index is 2.54. The lowest BCUT2D eigenvalue weighted by Gasteiger charge is -2.16. The average molecular weight is 275 g/mol. The molecule has 1 aliphatic rings. The molecule has 0 aromatic heterocycles. The molecule has 0 saturated carbocycles. The van der Waals surface area contributed by atoms with Crippen LogP contribution in [0.3, 0.4) is 0 Å². The number of hydrogen-bond acceptors (Lipinski definition) is 3. The highest BCUT2D eigenvalue weighted by Gasteiger charge is 2.22. The van der Waals surface area contributed by atoms with E-state index in [0.29, 0.717) is 15.4 Å². The maximum atomic E-state index is 10.9. The van der Waals surface area contributed by atoms with Crippen molar-refractivity contribution >= 4 is 30.9 Å². The standard InChI is InChI=1S/C5H10INO2S/c7-6-5-1-3-10(8,9)4-2-5/h5,7H,1-4H2. The molecule has 5 heteroatoms. The Bertz CT molecular complexity index is 210. The molecule has 0 unspecified atom stereocenters. The highest BCUT2D eigenvalue weighted by atomic mass is 127. The van der Waals surface area contributed by atoms with Crippen LogP contribution in [-0.2, 0) is 9.84 Å². The summed E-state index contributed by atoms with van der Waals surface area (Å²) in [4.78, 5) is 0. The fourth-order valence-corrected chi connectivity index (χ4v) is 4.55. The van der Waals surface area contributed by atoms with Gasteiger partial charge in [-0.15, -0.1) is 0 Å². The summed E-state index contributed by atoms with van der Waals surface area (Å²) in [6, 6.07) is 0. The van der Waals surface area contributed by atoms with Crippen molar-refractivity contribution < 1.29 is 8.42 Å². The summed E-state index contributed by atoms with van der Waals surface area (Å²) in [7, 11) is -2.69. The summed E-state index contributed by atoms with van der Waals surface area (Å²) >= 11 is -0.470. The van der Waals surface area contributed by atoms with Gasteiger partial charge in [-0.2, -0.15) is 0 Å². The molecular weight excluding hydrogens is 265 g/mol. The molecular formula is C5H10INO2S. The molecule has 0 atom stereocenters. The summed E-state index contributed by atoms with van der Waals surface area (Å²) in [5.41, 5.74) is 0. The molecule has 0 bridgehead atoms. The SMILES string of the molecule is N=IC1CCS(=O)(=O)CC1. The van der Waals surface area contributed by atoms with E-state index in [-0.39, 0.29) is 0 Å². The molecule has 0 radical (unpaired) electrons. The van der Waals surface area contributed by atoms with Crippen LogP contribution in [0.4, 0.5) is 0 Å². The topological polar surface area (TPSA) is 58.0 Å². The van der Waals surface area contributed by atoms with E-state index in [4.69, 9.17) is 3.56 Å². The van der Waals surface area contributed by atoms with Gasteiger partial charge in [0.1, 0.15) is 9.84 Å². The van der Waals surface area contributed by atoms with Crippen LogP contribution in [0.25, 0.3) is 0 Å². The first-order valence-corrected chi connectivity index (χ1v) is 7.28. The van der Waals surface area contributed by atoms with Crippen molar-refractivity contribution in [1.82, 2.24) is 0 Å². The lowest BCUT2D eigenvalue weighted by atomic mass is 10.3. The number of hydrogen-bond donors (Lipinski definition) is 1. The van der Waals surface area contributed by atoms with Gasteiger partial charge in [-0.05, 0) is 33.9 Å². The van der Waals surface area contributed by atoms with Gasteiger partial charge in [0.25, 0.3) is 0 Å². The fraction of sp³-hybridized carbons (Fsp3) is 1.00. The minimum absolute atomic E-state index is 0.330. The average Bonchev–Trinajstić information content (AvgIpc) is 1.88. The maximum Gasteiger partial charge on any atom is 0.150 e. The van der Waals surface area contributed by atoms with E-state index in [2.05, 4.69) is 0 Å². The Hall–Kier alpha value is 0.480. The molecule has 1 N–H and O–H groups in total. The molecule has 1 rings (SSSR count). The van der Waals surface area contributed by atoms with Gasteiger partial charge < -0.3 is 0 Å². The summed E-state index contributed by atoms with van der Waals surface area (Å²) in [5, 5.41) is 0. The predicted molar refractivity (Wildman–Crippen MR) is 48.4 cm³/mol. The minimum atomic E-state index is -2.69. The monoisotopic (exact) mass is 275 g/mol. The van der Waals surface area contributed by atoms with Gasteiger partial charge in [-0.1, -0.05) is 0 Å². The lowest BCUT2D eigenvalue weighted by molar-refractivity contribution is 0.580. The molecule has 10 heavy (non-hydrogen) atoms. The van der Waals surface area contributed by atoms with E-state index < -0.39 is 30.9 Å². The molecule has 3 nitrogen and oxygen atoms in total. The molecule has 0 amide bonds. The first kappa shape index (κ1) is 8.58. The van der Waals surface area contributed by atoms with Gasteiger partial charge in [0.15, 0.2) is 0 Å². The minimum Gasteiger partial charge on any atom is -0.278 e. The van der Waals surface area contributed by atoms with E-state index in [1.807, 2.05) is 0 Å². The van der Waals surface area contributed by atoms with Gasteiger partial charge in [-0.3, -0.25) is 3.56 Å². The van der Waals surface area contributed by atoms with Crippen LogP contribution in [-0.4, -0.2) is 23.8 Å². The zero-order valence-corrected chi connectivity index (χ0v) is 8.48. The third-order valence-electron chi connectivity index (χ3n) is 1.64. The number of rotatable bonds is 1. The largest absolute Gasteiger partial charge is 0.278 e. The second kappa shape index (κ2) is 3.25. The summed E-state index contributed by atoms with van der Waals surface area (Å²) in [6.45, 7) is 0. The van der Waals surface area contributed by atoms with Crippen molar-refractivity contribution in [2.75, 3.05) is 11.5 Å². The highest BCUT2D eigenvalue weighted by Crippen LogP contribution is 2.22. The molecule has 1 aliphatic heterocycles. The van der Waals surface area contributed by atoms with E-state index in [1.54, 1.807) is 0 Å². The van der Waals surface area contributed by atoms with Gasteiger partial charge in [0.2, 0.25) is 0 Å². The van der Waals surface area contributed by atoms with Crippen molar-refractivity contribution in [2.24, 2.45) is 0 Å². The highest BCUT2D eigenvalue weighted by molar-refractivity contribution is 14.1. The summed E-state index contributed by atoms with van der Waals surface area (Å²) in [6.07, 6.45) is 1.50. The Morgan fingerprint density at radius 1 is 1.30 bits per heavy atom. The van der Waals surface area contributed by atoms with E-state index >= 15 is 0 Å². The molecule has 0 spiro atoms. The van der Waals surface area contributed by atoms with E-state index in [1.165, 1.54) is 0 Å². The van der Waals surface area contributed by atoms with Crippen LogP contribution in [0, 0.1) is 3.56 Å². The lowest BCUT2D eigenvalue weighted by Crippen LogP contribution is -2.23. The van der Waals surface area contributed by atoms with Gasteiger partial charge in [0.05, 0.1) is 11.5 Å². The molecule has 1 heterocycles. The maximum absolute atomic E-state index is 10.9. The van der Waals surface area contributed by atoms with E-state index in [0.717, 1.165) is 12.8 Å². The van der Waals surface area contributed by atoms with Crippen molar-refractivity contribution in [3.05, 3.63) is 0 Å². The molecule has 0 aromatic carbocycles. The van der Waals surface area contributed by atoms with Crippen LogP contribution in [0.15, 0.2) is 0 Å². The molecule has 60 valence electrons. The Morgan fingerprint density at radius 3 is 2.20 bits per heavy atom. The third kappa shape index (κ3) is 2.26. The van der Waals surface area contributed by atoms with Crippen LogP contribution < -0.4 is 0 Å². The smallest absolute Gasteiger partial charge is 0.150 e. The Kier molecular flexibility index (Phi) is 2.79. The number of sulfone groups is 1. The van der Waals surface area contributed by atoms with E-state index in [9.17, 15) is 8.42 Å². The van der Waals surface area contributed by atoms with Crippen LogP contribution in [0.5, 0.6) is 0 Å². The van der Waals surface area contributed by atoms with Crippen molar-refractivity contribution in [2.45, 2.75) is 16.8 Å². The van der Waals surface area contributed by atoms with Crippen LogP contribution in [0.1, 0.15) is 12.8 Å². The predicted octanol–water partition coefficient (Wildman–Crippen LogP) is 1.30. The normalized spacial score (nSPS) is 26.4. The second-order valence-electron chi connectivity index (χ2n) is 2.44. The van der Waals surface area contributed by atoms with Gasteiger partial charge in [-0.25, -0.2) is 8.42 Å². The Morgan fingerprint density at radius 2 is 1.80 bits per heavy atom. The molecule has 1 saturated heterocycles. The second-order valence-corrected chi connectivity index (χ2v) is 7.12. The van der Waals surface area contributed by atoms with Gasteiger partial charge >= 0.3 is 0 Å². The quantitative estimate of drug-likeness (QED) is 0.579.